The number of nitrogens with zero attached hydrogens (tertiary/aromatic N) is 1. The number of Topliss-reactive ketones (excluding diaryl/α,β-unsaturated/α-hetero) is 1. The third-order valence-electron chi connectivity index (χ3n) is 5.20. The number of amides is 1. The van der Waals surface area contributed by atoms with E-state index in [1.807, 2.05) is 25.1 Å². The molecule has 3 rings (SSSR count). The van der Waals surface area contributed by atoms with E-state index in [9.17, 15) is 9.59 Å². The van der Waals surface area contributed by atoms with E-state index in [4.69, 9.17) is 0 Å². The van der Waals surface area contributed by atoms with E-state index in [2.05, 4.69) is 28.4 Å². The zero-order chi connectivity index (χ0) is 19.2. The maximum atomic E-state index is 12.5. The Morgan fingerprint density at radius 3 is 2.33 bits per heavy atom. The van der Waals surface area contributed by atoms with Crippen molar-refractivity contribution >= 4 is 17.4 Å². The second-order valence-electron chi connectivity index (χ2n) is 7.33. The molecule has 1 saturated heterocycles. The van der Waals surface area contributed by atoms with E-state index in [1.165, 1.54) is 30.5 Å². The molecule has 2 aromatic rings. The fourth-order valence-electron chi connectivity index (χ4n) is 3.69. The van der Waals surface area contributed by atoms with Crippen molar-refractivity contribution in [2.24, 2.45) is 0 Å². The molecule has 0 aromatic heterocycles. The SMILES string of the molecule is CC(=O)c1ccc(CC(=O)NC(C)c2ccccc2N2CCCCC2)cc1. The van der Waals surface area contributed by atoms with Crippen molar-refractivity contribution in [3.8, 4) is 0 Å². The van der Waals surface area contributed by atoms with Gasteiger partial charge >= 0.3 is 0 Å². The Bertz CT molecular complexity index is 792. The van der Waals surface area contributed by atoms with Gasteiger partial charge in [0.15, 0.2) is 5.78 Å². The first-order valence-electron chi connectivity index (χ1n) is 9.77. The maximum absolute atomic E-state index is 12.5. The number of anilines is 1. The average molecular weight is 364 g/mol. The summed E-state index contributed by atoms with van der Waals surface area (Å²) in [5.74, 6) is 0.0282. The van der Waals surface area contributed by atoms with Gasteiger partial charge in [-0.1, -0.05) is 42.5 Å². The Kier molecular flexibility index (Phi) is 6.28. The topological polar surface area (TPSA) is 49.4 Å². The fraction of sp³-hybridized carbons (Fsp3) is 0.391. The van der Waals surface area contributed by atoms with Crippen LogP contribution in [0.15, 0.2) is 48.5 Å². The Morgan fingerprint density at radius 1 is 1.00 bits per heavy atom. The summed E-state index contributed by atoms with van der Waals surface area (Å²) in [6.07, 6.45) is 4.07. The lowest BCUT2D eigenvalue weighted by Crippen LogP contribution is -2.33. The number of hydrogen-bond donors (Lipinski definition) is 1. The number of benzene rings is 2. The molecule has 142 valence electrons. The molecule has 1 unspecified atom stereocenters. The smallest absolute Gasteiger partial charge is 0.224 e. The van der Waals surface area contributed by atoms with Crippen molar-refractivity contribution in [3.63, 3.8) is 0 Å². The Morgan fingerprint density at radius 2 is 1.67 bits per heavy atom. The first kappa shape index (κ1) is 19.2. The van der Waals surface area contributed by atoms with Gasteiger partial charge in [0.2, 0.25) is 5.91 Å². The number of hydrogen-bond acceptors (Lipinski definition) is 3. The number of rotatable bonds is 6. The lowest BCUT2D eigenvalue weighted by Gasteiger charge is -2.32. The van der Waals surface area contributed by atoms with E-state index in [-0.39, 0.29) is 17.7 Å². The molecule has 0 spiro atoms. The average Bonchev–Trinajstić information content (AvgIpc) is 2.69. The quantitative estimate of drug-likeness (QED) is 0.778. The van der Waals surface area contributed by atoms with Gasteiger partial charge in [0.1, 0.15) is 0 Å². The van der Waals surface area contributed by atoms with Gasteiger partial charge < -0.3 is 10.2 Å². The van der Waals surface area contributed by atoms with E-state index in [1.54, 1.807) is 19.1 Å². The summed E-state index contributed by atoms with van der Waals surface area (Å²) in [7, 11) is 0. The second kappa shape index (κ2) is 8.85. The first-order valence-corrected chi connectivity index (χ1v) is 9.77. The summed E-state index contributed by atoms with van der Waals surface area (Å²) >= 11 is 0. The molecule has 1 amide bonds. The van der Waals surface area contributed by atoms with Crippen molar-refractivity contribution in [2.75, 3.05) is 18.0 Å². The van der Waals surface area contributed by atoms with E-state index in [0.29, 0.717) is 12.0 Å². The van der Waals surface area contributed by atoms with Crippen LogP contribution in [-0.2, 0) is 11.2 Å². The molecule has 2 aromatic carbocycles. The van der Waals surface area contributed by atoms with Crippen LogP contribution < -0.4 is 10.2 Å². The van der Waals surface area contributed by atoms with Gasteiger partial charge in [-0.25, -0.2) is 0 Å². The maximum Gasteiger partial charge on any atom is 0.224 e. The van der Waals surface area contributed by atoms with Crippen LogP contribution in [0.1, 0.15) is 60.6 Å². The highest BCUT2D eigenvalue weighted by Gasteiger charge is 2.18. The molecular formula is C23H28N2O2. The van der Waals surface area contributed by atoms with Crippen LogP contribution in [0.5, 0.6) is 0 Å². The van der Waals surface area contributed by atoms with Gasteiger partial charge in [0.25, 0.3) is 0 Å². The highest BCUT2D eigenvalue weighted by molar-refractivity contribution is 5.94. The van der Waals surface area contributed by atoms with Crippen LogP contribution in [0.3, 0.4) is 0 Å². The van der Waals surface area contributed by atoms with E-state index in [0.717, 1.165) is 18.7 Å². The third-order valence-corrected chi connectivity index (χ3v) is 5.20. The summed E-state index contributed by atoms with van der Waals surface area (Å²) in [5, 5.41) is 3.13. The monoisotopic (exact) mass is 364 g/mol. The van der Waals surface area contributed by atoms with Crippen LogP contribution in [0.25, 0.3) is 0 Å². The summed E-state index contributed by atoms with van der Waals surface area (Å²) in [5.41, 5.74) is 3.98. The molecule has 0 radical (unpaired) electrons. The van der Waals surface area contributed by atoms with E-state index >= 15 is 0 Å². The molecule has 1 fully saturated rings. The van der Waals surface area contributed by atoms with Crippen LogP contribution in [0, 0.1) is 0 Å². The normalized spacial score (nSPS) is 15.3. The van der Waals surface area contributed by atoms with Gasteiger partial charge in [0, 0.05) is 24.3 Å². The Labute approximate surface area is 161 Å². The molecule has 0 saturated carbocycles. The molecule has 27 heavy (non-hydrogen) atoms. The zero-order valence-electron chi connectivity index (χ0n) is 16.2. The minimum atomic E-state index is -0.0490. The number of carbonyl (C=O) groups is 2. The molecule has 1 N–H and O–H groups in total. The first-order chi connectivity index (χ1) is 13.0. The number of piperidine rings is 1. The van der Waals surface area contributed by atoms with Gasteiger partial charge in [-0.15, -0.1) is 0 Å². The molecule has 0 bridgehead atoms. The molecule has 1 heterocycles. The van der Waals surface area contributed by atoms with Crippen molar-refractivity contribution in [1.29, 1.82) is 0 Å². The number of para-hydroxylation sites is 1. The van der Waals surface area contributed by atoms with Crippen molar-refractivity contribution < 1.29 is 9.59 Å². The van der Waals surface area contributed by atoms with Crippen molar-refractivity contribution in [2.45, 2.75) is 45.6 Å². The predicted octanol–water partition coefficient (Wildman–Crippen LogP) is 4.30. The lowest BCUT2D eigenvalue weighted by atomic mass is 10.0. The molecular weight excluding hydrogens is 336 g/mol. The number of nitrogens with one attached hydrogen (secondary N) is 1. The predicted molar refractivity (Wildman–Crippen MR) is 109 cm³/mol. The molecule has 1 aliphatic heterocycles. The van der Waals surface area contributed by atoms with Crippen LogP contribution in [-0.4, -0.2) is 24.8 Å². The third kappa shape index (κ3) is 4.97. The number of ketones is 1. The summed E-state index contributed by atoms with van der Waals surface area (Å²) in [6, 6.07) is 15.6. The molecule has 1 aliphatic rings. The molecule has 4 heteroatoms. The standard InChI is InChI=1S/C23H28N2O2/c1-17(21-8-4-5-9-22(21)25-14-6-3-7-15-25)24-23(27)16-19-10-12-20(13-11-19)18(2)26/h4-5,8-13,17H,3,6-7,14-16H2,1-2H3,(H,24,27). The largest absolute Gasteiger partial charge is 0.371 e. The fourth-order valence-corrected chi connectivity index (χ4v) is 3.69. The van der Waals surface area contributed by atoms with Gasteiger partial charge in [-0.05, 0) is 50.3 Å². The minimum absolute atomic E-state index is 0.00785. The van der Waals surface area contributed by atoms with Crippen molar-refractivity contribution in [1.82, 2.24) is 5.32 Å². The highest BCUT2D eigenvalue weighted by Crippen LogP contribution is 2.28. The van der Waals surface area contributed by atoms with E-state index < -0.39 is 0 Å². The lowest BCUT2D eigenvalue weighted by molar-refractivity contribution is -0.121. The zero-order valence-corrected chi connectivity index (χ0v) is 16.2. The second-order valence-corrected chi connectivity index (χ2v) is 7.33. The summed E-state index contributed by atoms with van der Waals surface area (Å²) < 4.78 is 0. The highest BCUT2D eigenvalue weighted by atomic mass is 16.1. The number of carbonyl (C=O) groups excluding carboxylic acids is 2. The van der Waals surface area contributed by atoms with Crippen LogP contribution in [0.2, 0.25) is 0 Å². The Balaban J connectivity index is 1.65. The van der Waals surface area contributed by atoms with Crippen molar-refractivity contribution in [3.05, 3.63) is 65.2 Å². The summed E-state index contributed by atoms with van der Waals surface area (Å²) in [6.45, 7) is 5.75. The van der Waals surface area contributed by atoms with Crippen LogP contribution >= 0.6 is 0 Å². The minimum Gasteiger partial charge on any atom is -0.371 e. The molecule has 4 nitrogen and oxygen atoms in total. The molecule has 1 atom stereocenters. The van der Waals surface area contributed by atoms with Crippen LogP contribution in [0.4, 0.5) is 5.69 Å². The molecule has 0 aliphatic carbocycles. The van der Waals surface area contributed by atoms with Gasteiger partial charge in [-0.3, -0.25) is 9.59 Å². The van der Waals surface area contributed by atoms with Gasteiger partial charge in [-0.2, -0.15) is 0 Å². The summed E-state index contributed by atoms with van der Waals surface area (Å²) in [4.78, 5) is 26.3. The Hall–Kier alpha value is -2.62. The van der Waals surface area contributed by atoms with Gasteiger partial charge in [0.05, 0.1) is 12.5 Å².